The smallest absolute Gasteiger partial charge is 0.119 e. The molecule has 22 heavy (non-hydrogen) atoms. The van der Waals surface area contributed by atoms with Crippen LogP contribution in [0.1, 0.15) is 17.7 Å². The molecule has 1 N–H and O–H groups in total. The van der Waals surface area contributed by atoms with E-state index in [1.54, 1.807) is 13.3 Å². The first-order chi connectivity index (χ1) is 10.7. The quantitative estimate of drug-likeness (QED) is 0.890. The standard InChI is InChI=1S/C17H23N3O2/c1-14-4-3-5-16(10-14)22-13-17(21-2)7-9-20(12-17)11-15-6-8-18-19-15/h3-6,8,10H,7,9,11-13H2,1-2H3,(H,18,19). The predicted octanol–water partition coefficient (Wildman–Crippen LogP) is 2.39. The number of nitrogens with zero attached hydrogens (tertiary/aromatic N) is 2. The zero-order valence-electron chi connectivity index (χ0n) is 13.2. The van der Waals surface area contributed by atoms with Crippen LogP contribution in [0.25, 0.3) is 0 Å². The second-order valence-corrected chi connectivity index (χ2v) is 6.03. The van der Waals surface area contributed by atoms with Gasteiger partial charge in [0.25, 0.3) is 0 Å². The SMILES string of the molecule is COC1(COc2cccc(C)c2)CCN(Cc2ccn[nH]2)C1. The van der Waals surface area contributed by atoms with Crippen LogP contribution in [-0.2, 0) is 11.3 Å². The summed E-state index contributed by atoms with van der Waals surface area (Å²) in [6.45, 7) is 5.39. The highest BCUT2D eigenvalue weighted by molar-refractivity contribution is 5.27. The van der Waals surface area contributed by atoms with Crippen LogP contribution in [0.3, 0.4) is 0 Å². The first kappa shape index (κ1) is 15.1. The van der Waals surface area contributed by atoms with E-state index in [1.165, 1.54) is 5.56 Å². The Morgan fingerprint density at radius 2 is 2.27 bits per heavy atom. The number of likely N-dealkylation sites (tertiary alicyclic amines) is 1. The number of rotatable bonds is 6. The highest BCUT2D eigenvalue weighted by Crippen LogP contribution is 2.27. The highest BCUT2D eigenvalue weighted by Gasteiger charge is 2.39. The number of aromatic amines is 1. The molecule has 1 aliphatic rings. The maximum Gasteiger partial charge on any atom is 0.119 e. The lowest BCUT2D eigenvalue weighted by molar-refractivity contribution is -0.0360. The van der Waals surface area contributed by atoms with Gasteiger partial charge in [0.15, 0.2) is 0 Å². The van der Waals surface area contributed by atoms with Gasteiger partial charge in [-0.3, -0.25) is 10.00 Å². The summed E-state index contributed by atoms with van der Waals surface area (Å²) in [5, 5.41) is 7.01. The van der Waals surface area contributed by atoms with Crippen molar-refractivity contribution in [1.29, 1.82) is 0 Å². The number of aryl methyl sites for hydroxylation is 1. The number of hydrogen-bond acceptors (Lipinski definition) is 4. The van der Waals surface area contributed by atoms with Gasteiger partial charge in [0.2, 0.25) is 0 Å². The molecule has 3 rings (SSSR count). The van der Waals surface area contributed by atoms with Gasteiger partial charge in [-0.15, -0.1) is 0 Å². The third-order valence-corrected chi connectivity index (χ3v) is 4.27. The molecule has 0 bridgehead atoms. The van der Waals surface area contributed by atoms with Crippen molar-refractivity contribution in [2.75, 3.05) is 26.8 Å². The van der Waals surface area contributed by atoms with Crippen LogP contribution in [0.4, 0.5) is 0 Å². The summed E-state index contributed by atoms with van der Waals surface area (Å²) in [6, 6.07) is 10.1. The van der Waals surface area contributed by atoms with Gasteiger partial charge in [0.1, 0.15) is 18.0 Å². The first-order valence-electron chi connectivity index (χ1n) is 7.64. The van der Waals surface area contributed by atoms with Crippen molar-refractivity contribution in [3.63, 3.8) is 0 Å². The number of H-pyrrole nitrogens is 1. The maximum absolute atomic E-state index is 5.98. The first-order valence-corrected chi connectivity index (χ1v) is 7.64. The molecule has 0 radical (unpaired) electrons. The van der Waals surface area contributed by atoms with Crippen LogP contribution >= 0.6 is 0 Å². The molecule has 5 nitrogen and oxygen atoms in total. The summed E-state index contributed by atoms with van der Waals surface area (Å²) >= 11 is 0. The zero-order chi connectivity index (χ0) is 15.4. The molecule has 2 aromatic rings. The number of ether oxygens (including phenoxy) is 2. The molecule has 1 aromatic carbocycles. The molecule has 1 atom stereocenters. The van der Waals surface area contributed by atoms with Crippen LogP contribution in [0, 0.1) is 6.92 Å². The van der Waals surface area contributed by atoms with Crippen molar-refractivity contribution in [2.24, 2.45) is 0 Å². The summed E-state index contributed by atoms with van der Waals surface area (Å²) in [4.78, 5) is 2.37. The van der Waals surface area contributed by atoms with E-state index in [0.717, 1.165) is 37.5 Å². The van der Waals surface area contributed by atoms with Gasteiger partial charge in [0, 0.05) is 38.6 Å². The van der Waals surface area contributed by atoms with Gasteiger partial charge in [-0.25, -0.2) is 0 Å². The number of hydrogen-bond donors (Lipinski definition) is 1. The molecule has 1 aromatic heterocycles. The van der Waals surface area contributed by atoms with E-state index in [1.807, 2.05) is 18.2 Å². The summed E-state index contributed by atoms with van der Waals surface area (Å²) in [5.41, 5.74) is 2.10. The fourth-order valence-electron chi connectivity index (χ4n) is 2.94. The molecule has 0 saturated carbocycles. The van der Waals surface area contributed by atoms with Crippen LogP contribution in [0.5, 0.6) is 5.75 Å². The van der Waals surface area contributed by atoms with Crippen molar-refractivity contribution >= 4 is 0 Å². The van der Waals surface area contributed by atoms with Gasteiger partial charge in [-0.1, -0.05) is 12.1 Å². The monoisotopic (exact) mass is 301 g/mol. The lowest BCUT2D eigenvalue weighted by Gasteiger charge is -2.28. The lowest BCUT2D eigenvalue weighted by atomic mass is 10.0. The van der Waals surface area contributed by atoms with E-state index < -0.39 is 0 Å². The van der Waals surface area contributed by atoms with Gasteiger partial charge < -0.3 is 9.47 Å². The normalized spacial score (nSPS) is 22.1. The Kier molecular flexibility index (Phi) is 4.45. The molecule has 0 spiro atoms. The zero-order valence-corrected chi connectivity index (χ0v) is 13.2. The largest absolute Gasteiger partial charge is 0.491 e. The average Bonchev–Trinajstić information content (AvgIpc) is 3.16. The van der Waals surface area contributed by atoms with E-state index >= 15 is 0 Å². The minimum atomic E-state index is -0.232. The van der Waals surface area contributed by atoms with Crippen LogP contribution < -0.4 is 4.74 Å². The van der Waals surface area contributed by atoms with E-state index in [0.29, 0.717) is 6.61 Å². The van der Waals surface area contributed by atoms with E-state index in [-0.39, 0.29) is 5.60 Å². The molecule has 2 heterocycles. The maximum atomic E-state index is 5.98. The second-order valence-electron chi connectivity index (χ2n) is 6.03. The number of aromatic nitrogens is 2. The Morgan fingerprint density at radius 3 is 3.00 bits per heavy atom. The number of nitrogens with one attached hydrogen (secondary N) is 1. The van der Waals surface area contributed by atoms with Gasteiger partial charge in [0.05, 0.1) is 0 Å². The van der Waals surface area contributed by atoms with Crippen molar-refractivity contribution < 1.29 is 9.47 Å². The van der Waals surface area contributed by atoms with Gasteiger partial charge in [-0.2, -0.15) is 5.10 Å². The predicted molar refractivity (Wildman–Crippen MR) is 84.9 cm³/mol. The number of benzene rings is 1. The fraction of sp³-hybridized carbons (Fsp3) is 0.471. The van der Waals surface area contributed by atoms with Crippen LogP contribution in [0.15, 0.2) is 36.5 Å². The fourth-order valence-corrected chi connectivity index (χ4v) is 2.94. The Bertz CT molecular complexity index is 600. The Hall–Kier alpha value is -1.85. The summed E-state index contributed by atoms with van der Waals surface area (Å²) < 4.78 is 11.8. The van der Waals surface area contributed by atoms with Crippen molar-refractivity contribution in [1.82, 2.24) is 15.1 Å². The molecule has 118 valence electrons. The molecule has 1 aliphatic heterocycles. The Balaban J connectivity index is 1.58. The highest BCUT2D eigenvalue weighted by atomic mass is 16.5. The molecular formula is C17H23N3O2. The third-order valence-electron chi connectivity index (χ3n) is 4.27. The minimum absolute atomic E-state index is 0.232. The summed E-state index contributed by atoms with van der Waals surface area (Å²) in [6.07, 6.45) is 2.76. The molecule has 0 amide bonds. The Morgan fingerprint density at radius 1 is 1.36 bits per heavy atom. The van der Waals surface area contributed by atoms with Crippen LogP contribution in [0.2, 0.25) is 0 Å². The van der Waals surface area contributed by atoms with Crippen molar-refractivity contribution in [3.05, 3.63) is 47.8 Å². The van der Waals surface area contributed by atoms with Crippen LogP contribution in [-0.4, -0.2) is 47.5 Å². The van der Waals surface area contributed by atoms with E-state index in [2.05, 4.69) is 34.2 Å². The van der Waals surface area contributed by atoms with Crippen molar-refractivity contribution in [2.45, 2.75) is 25.5 Å². The average molecular weight is 301 g/mol. The van der Waals surface area contributed by atoms with Gasteiger partial charge >= 0.3 is 0 Å². The molecule has 1 fully saturated rings. The number of methoxy groups -OCH3 is 1. The Labute approximate surface area is 131 Å². The lowest BCUT2D eigenvalue weighted by Crippen LogP contribution is -2.41. The summed E-state index contributed by atoms with van der Waals surface area (Å²) in [5.74, 6) is 0.906. The van der Waals surface area contributed by atoms with Crippen molar-refractivity contribution in [3.8, 4) is 5.75 Å². The molecule has 1 unspecified atom stereocenters. The molecule has 1 saturated heterocycles. The van der Waals surface area contributed by atoms with E-state index in [4.69, 9.17) is 9.47 Å². The topological polar surface area (TPSA) is 50.4 Å². The molecule has 5 heteroatoms. The minimum Gasteiger partial charge on any atom is -0.491 e. The second kappa shape index (κ2) is 6.50. The molecule has 0 aliphatic carbocycles. The summed E-state index contributed by atoms with van der Waals surface area (Å²) in [7, 11) is 1.78. The van der Waals surface area contributed by atoms with Gasteiger partial charge in [-0.05, 0) is 37.1 Å². The van der Waals surface area contributed by atoms with E-state index in [9.17, 15) is 0 Å². The molecular weight excluding hydrogens is 278 g/mol. The third kappa shape index (κ3) is 3.48.